The Morgan fingerprint density at radius 3 is 2.42 bits per heavy atom. The summed E-state index contributed by atoms with van der Waals surface area (Å²) in [4.78, 5) is 30.6. The van der Waals surface area contributed by atoms with E-state index in [1.165, 1.54) is 4.57 Å². The molecule has 0 aliphatic rings. The molecule has 0 saturated carbocycles. The fourth-order valence-electron chi connectivity index (χ4n) is 3.36. The first-order valence-electron chi connectivity index (χ1n) is 10.3. The summed E-state index contributed by atoms with van der Waals surface area (Å²) in [6, 6.07) is 23.8. The number of nitrogens with zero attached hydrogens (tertiary/aromatic N) is 3. The lowest BCUT2D eigenvalue weighted by atomic mass is 10.1. The van der Waals surface area contributed by atoms with Gasteiger partial charge in [-0.2, -0.15) is 5.26 Å². The molecule has 0 aliphatic carbocycles. The van der Waals surface area contributed by atoms with Crippen LogP contribution in [0.1, 0.15) is 24.1 Å². The molecule has 0 spiro atoms. The average Bonchev–Trinajstić information content (AvgIpc) is 3.16. The smallest absolute Gasteiger partial charge is 0.273 e. The van der Waals surface area contributed by atoms with Crippen LogP contribution in [0, 0.1) is 11.3 Å². The molecule has 162 valence electrons. The number of pyridine rings is 1. The van der Waals surface area contributed by atoms with Crippen molar-refractivity contribution in [1.82, 2.24) is 14.9 Å². The number of aromatic nitrogens is 2. The summed E-state index contributed by atoms with van der Waals surface area (Å²) in [6.45, 7) is 1.85. The van der Waals surface area contributed by atoms with Crippen LogP contribution in [-0.4, -0.2) is 15.5 Å². The zero-order valence-electron chi connectivity index (χ0n) is 17.8. The van der Waals surface area contributed by atoms with Crippen LogP contribution in [-0.2, 0) is 4.79 Å². The highest BCUT2D eigenvalue weighted by atomic mass is 32.1. The van der Waals surface area contributed by atoms with E-state index in [1.54, 1.807) is 48.8 Å². The molecule has 6 nitrogen and oxygen atoms in total. The number of nitrogens with one attached hydrogen (secondary N) is 1. The van der Waals surface area contributed by atoms with E-state index in [0.29, 0.717) is 10.2 Å². The Bertz CT molecular complexity index is 1490. The second kappa shape index (κ2) is 9.90. The standard InChI is InChI=1S/C26H20N4O2S/c1-18(20-10-4-2-5-11-20)29-24(31)22(16-27)26-30(21-12-6-3-7-13-21)25(32)23(33-26)15-19-9-8-14-28-17-19/h2-15,17-18H,1H3,(H,29,31)/b23-15+,26-22+/t18-/m0/s1. The van der Waals surface area contributed by atoms with Gasteiger partial charge in [-0.3, -0.25) is 19.1 Å². The molecule has 4 aromatic rings. The van der Waals surface area contributed by atoms with E-state index in [1.807, 2.05) is 55.5 Å². The Balaban J connectivity index is 1.89. The van der Waals surface area contributed by atoms with Gasteiger partial charge in [0.25, 0.3) is 11.5 Å². The van der Waals surface area contributed by atoms with Crippen molar-refractivity contribution in [2.45, 2.75) is 13.0 Å². The fraction of sp³-hybridized carbons (Fsp3) is 0.0769. The van der Waals surface area contributed by atoms with Gasteiger partial charge in [0.15, 0.2) is 5.57 Å². The van der Waals surface area contributed by atoms with Crippen LogP contribution in [0.3, 0.4) is 0 Å². The highest BCUT2D eigenvalue weighted by Crippen LogP contribution is 2.12. The van der Waals surface area contributed by atoms with E-state index in [4.69, 9.17) is 0 Å². The average molecular weight is 453 g/mol. The van der Waals surface area contributed by atoms with Gasteiger partial charge in [-0.1, -0.05) is 54.6 Å². The summed E-state index contributed by atoms with van der Waals surface area (Å²) >= 11 is 1.11. The van der Waals surface area contributed by atoms with Gasteiger partial charge in [0.05, 0.1) is 16.3 Å². The predicted molar refractivity (Wildman–Crippen MR) is 129 cm³/mol. The van der Waals surface area contributed by atoms with Crippen molar-refractivity contribution in [3.05, 3.63) is 116 Å². The van der Waals surface area contributed by atoms with E-state index < -0.39 is 5.91 Å². The summed E-state index contributed by atoms with van der Waals surface area (Å²) < 4.78 is 2.10. The number of nitriles is 1. The van der Waals surface area contributed by atoms with Gasteiger partial charge in [0.2, 0.25) is 0 Å². The van der Waals surface area contributed by atoms with Gasteiger partial charge in [-0.05, 0) is 42.3 Å². The van der Waals surface area contributed by atoms with Gasteiger partial charge in [0.1, 0.15) is 10.7 Å². The van der Waals surface area contributed by atoms with Crippen LogP contribution in [0.25, 0.3) is 17.3 Å². The van der Waals surface area contributed by atoms with Crippen LogP contribution < -0.4 is 20.1 Å². The summed E-state index contributed by atoms with van der Waals surface area (Å²) in [6.07, 6.45) is 5.01. The van der Waals surface area contributed by atoms with E-state index >= 15 is 0 Å². The van der Waals surface area contributed by atoms with Crippen molar-refractivity contribution in [1.29, 1.82) is 5.26 Å². The van der Waals surface area contributed by atoms with Crippen molar-refractivity contribution < 1.29 is 4.79 Å². The van der Waals surface area contributed by atoms with Crippen LogP contribution in [0.4, 0.5) is 0 Å². The predicted octanol–water partition coefficient (Wildman–Crippen LogP) is 2.67. The van der Waals surface area contributed by atoms with Crippen LogP contribution in [0.2, 0.25) is 0 Å². The second-order valence-corrected chi connectivity index (χ2v) is 8.30. The van der Waals surface area contributed by atoms with Gasteiger partial charge < -0.3 is 5.32 Å². The molecule has 4 rings (SSSR count). The minimum atomic E-state index is -0.535. The van der Waals surface area contributed by atoms with Crippen molar-refractivity contribution in [3.8, 4) is 11.8 Å². The number of amides is 1. The molecule has 1 amide bonds. The summed E-state index contributed by atoms with van der Waals surface area (Å²) in [7, 11) is 0. The highest BCUT2D eigenvalue weighted by molar-refractivity contribution is 7.07. The third-order valence-electron chi connectivity index (χ3n) is 5.02. The Kier molecular flexibility index (Phi) is 6.58. The fourth-order valence-corrected chi connectivity index (χ4v) is 4.47. The normalized spacial score (nSPS) is 13.2. The third kappa shape index (κ3) is 4.81. The molecule has 2 aromatic heterocycles. The van der Waals surface area contributed by atoms with E-state index in [-0.39, 0.29) is 21.8 Å². The number of carbonyl (C=O) groups excluding carboxylic acids is 1. The molecule has 2 aromatic carbocycles. The lowest BCUT2D eigenvalue weighted by Gasteiger charge is -2.13. The number of hydrogen-bond donors (Lipinski definition) is 1. The number of thiazole rings is 1. The first-order chi connectivity index (χ1) is 16.1. The Morgan fingerprint density at radius 2 is 1.79 bits per heavy atom. The molecule has 33 heavy (non-hydrogen) atoms. The zero-order chi connectivity index (χ0) is 23.2. The second-order valence-electron chi connectivity index (χ2n) is 7.27. The van der Waals surface area contributed by atoms with Crippen molar-refractivity contribution >= 4 is 28.9 Å². The summed E-state index contributed by atoms with van der Waals surface area (Å²) in [5.41, 5.74) is 1.83. The van der Waals surface area contributed by atoms with E-state index in [9.17, 15) is 14.9 Å². The number of para-hydroxylation sites is 1. The molecule has 0 bridgehead atoms. The lowest BCUT2D eigenvalue weighted by Crippen LogP contribution is -2.34. The molecular formula is C26H20N4O2S. The van der Waals surface area contributed by atoms with Crippen molar-refractivity contribution in [2.24, 2.45) is 0 Å². The first-order valence-corrected chi connectivity index (χ1v) is 11.1. The number of carbonyl (C=O) groups is 1. The summed E-state index contributed by atoms with van der Waals surface area (Å²) in [5.74, 6) is -0.535. The Hall–Kier alpha value is -4.28. The molecule has 1 N–H and O–H groups in total. The van der Waals surface area contributed by atoms with Gasteiger partial charge >= 0.3 is 0 Å². The summed E-state index contributed by atoms with van der Waals surface area (Å²) in [5, 5.41) is 12.8. The molecule has 2 heterocycles. The third-order valence-corrected chi connectivity index (χ3v) is 6.11. The molecule has 0 aliphatic heterocycles. The maximum atomic E-state index is 13.3. The van der Waals surface area contributed by atoms with E-state index in [2.05, 4.69) is 10.3 Å². The number of benzene rings is 2. The molecule has 7 heteroatoms. The molecule has 1 atom stereocenters. The van der Waals surface area contributed by atoms with Crippen LogP contribution >= 0.6 is 11.3 Å². The van der Waals surface area contributed by atoms with Gasteiger partial charge in [0, 0.05) is 12.4 Å². The highest BCUT2D eigenvalue weighted by Gasteiger charge is 2.19. The minimum Gasteiger partial charge on any atom is -0.345 e. The monoisotopic (exact) mass is 452 g/mol. The maximum Gasteiger partial charge on any atom is 0.273 e. The quantitative estimate of drug-likeness (QED) is 0.504. The first kappa shape index (κ1) is 21.9. The van der Waals surface area contributed by atoms with Crippen molar-refractivity contribution in [3.63, 3.8) is 0 Å². The van der Waals surface area contributed by atoms with Gasteiger partial charge in [-0.25, -0.2) is 0 Å². The lowest BCUT2D eigenvalue weighted by molar-refractivity contribution is -0.116. The Morgan fingerprint density at radius 1 is 1.09 bits per heavy atom. The SMILES string of the molecule is C[C@H](NC(=O)/C(C#N)=c1/s/c(=C/c2cccnc2)c(=O)n1-c1ccccc1)c1ccccc1. The number of hydrogen-bond acceptors (Lipinski definition) is 5. The maximum absolute atomic E-state index is 13.3. The van der Waals surface area contributed by atoms with Crippen LogP contribution in [0.5, 0.6) is 0 Å². The largest absolute Gasteiger partial charge is 0.345 e. The zero-order valence-corrected chi connectivity index (χ0v) is 18.6. The Labute approximate surface area is 194 Å². The molecule has 0 saturated heterocycles. The molecule has 0 radical (unpaired) electrons. The van der Waals surface area contributed by atoms with E-state index in [0.717, 1.165) is 22.5 Å². The van der Waals surface area contributed by atoms with Crippen LogP contribution in [0.15, 0.2) is 90.0 Å². The molecular weight excluding hydrogens is 432 g/mol. The minimum absolute atomic E-state index is 0.116. The van der Waals surface area contributed by atoms with Gasteiger partial charge in [-0.15, -0.1) is 11.3 Å². The topological polar surface area (TPSA) is 87.8 Å². The molecule has 0 unspecified atom stereocenters. The van der Waals surface area contributed by atoms with Crippen molar-refractivity contribution in [2.75, 3.05) is 0 Å². The molecule has 0 fully saturated rings. The number of rotatable bonds is 5.